The molecule has 4 N–H and O–H groups in total. The molecule has 0 aliphatic heterocycles. The van der Waals surface area contributed by atoms with Crippen LogP contribution in [0, 0.1) is 0 Å². The highest BCUT2D eigenvalue weighted by atomic mass is 32.2. The van der Waals surface area contributed by atoms with Crippen molar-refractivity contribution in [2.45, 2.75) is 31.5 Å². The van der Waals surface area contributed by atoms with Crippen LogP contribution >= 0.6 is 19.4 Å². The number of aliphatic hydroxyl groups excluding tert-OH is 2. The standard InChI is InChI=1S/C16H28N5O6PS/c1-3-26-28(24,27-4-2)8-5-7-25-12(10-23)21-11-18-13-14(21)19-16(17)20-15(13)29-9-6-22/h11-12,22-23H,3-10H2,1-2H3,(H2,17,19,20)/t12-/m1/s1. The molecule has 0 unspecified atom stereocenters. The first-order chi connectivity index (χ1) is 14.0. The van der Waals surface area contributed by atoms with Crippen molar-refractivity contribution in [1.29, 1.82) is 0 Å². The molecule has 2 heterocycles. The van der Waals surface area contributed by atoms with E-state index >= 15 is 0 Å². The largest absolute Gasteiger partial charge is 0.396 e. The number of imidazole rings is 1. The van der Waals surface area contributed by atoms with Gasteiger partial charge >= 0.3 is 7.60 Å². The minimum Gasteiger partial charge on any atom is -0.396 e. The summed E-state index contributed by atoms with van der Waals surface area (Å²) in [6.07, 6.45) is 1.39. The molecule has 0 bridgehead atoms. The van der Waals surface area contributed by atoms with Crippen LogP contribution in [0.15, 0.2) is 11.4 Å². The molecule has 0 saturated heterocycles. The van der Waals surface area contributed by atoms with Crippen LogP contribution in [0.5, 0.6) is 0 Å². The van der Waals surface area contributed by atoms with E-state index in [1.807, 2.05) is 0 Å². The van der Waals surface area contributed by atoms with Crippen molar-refractivity contribution >= 4 is 36.5 Å². The van der Waals surface area contributed by atoms with Crippen LogP contribution < -0.4 is 5.73 Å². The van der Waals surface area contributed by atoms with Crippen molar-refractivity contribution in [2.24, 2.45) is 0 Å². The molecule has 0 radical (unpaired) electrons. The third kappa shape index (κ3) is 6.61. The van der Waals surface area contributed by atoms with E-state index in [-0.39, 0.29) is 31.9 Å². The van der Waals surface area contributed by atoms with Crippen LogP contribution in [0.2, 0.25) is 0 Å². The van der Waals surface area contributed by atoms with Crippen molar-refractivity contribution in [1.82, 2.24) is 19.5 Å². The maximum absolute atomic E-state index is 12.5. The normalized spacial score (nSPS) is 13.2. The number of anilines is 1. The van der Waals surface area contributed by atoms with E-state index in [2.05, 4.69) is 15.0 Å². The highest BCUT2D eigenvalue weighted by molar-refractivity contribution is 7.99. The summed E-state index contributed by atoms with van der Waals surface area (Å²) in [6.45, 7) is 4.02. The summed E-state index contributed by atoms with van der Waals surface area (Å²) in [5.41, 5.74) is 6.72. The molecule has 11 nitrogen and oxygen atoms in total. The maximum Gasteiger partial charge on any atom is 0.330 e. The number of aliphatic hydroxyl groups is 2. The lowest BCUT2D eigenvalue weighted by Crippen LogP contribution is -2.18. The Morgan fingerprint density at radius 1 is 1.28 bits per heavy atom. The second-order valence-electron chi connectivity index (χ2n) is 5.81. The number of rotatable bonds is 14. The van der Waals surface area contributed by atoms with Gasteiger partial charge in [0, 0.05) is 12.4 Å². The van der Waals surface area contributed by atoms with Gasteiger partial charge in [-0.2, -0.15) is 4.98 Å². The number of thioether (sulfide) groups is 1. The van der Waals surface area contributed by atoms with Gasteiger partial charge in [-0.05, 0) is 20.3 Å². The molecule has 0 aliphatic carbocycles. The SMILES string of the molecule is CCOP(=O)(CCCO[C@H](CO)n1cnc2c(SCCO)nc(N)nc21)OCC. The third-order valence-electron chi connectivity index (χ3n) is 3.74. The van der Waals surface area contributed by atoms with Crippen LogP contribution in [0.25, 0.3) is 11.2 Å². The highest BCUT2D eigenvalue weighted by Gasteiger charge is 2.23. The molecule has 2 aromatic heterocycles. The molecule has 0 aliphatic rings. The third-order valence-corrected chi connectivity index (χ3v) is 6.85. The Labute approximate surface area is 173 Å². The van der Waals surface area contributed by atoms with Gasteiger partial charge in [0.05, 0.1) is 38.9 Å². The molecule has 0 saturated carbocycles. The van der Waals surface area contributed by atoms with Gasteiger partial charge in [-0.3, -0.25) is 9.13 Å². The monoisotopic (exact) mass is 449 g/mol. The number of aromatic nitrogens is 4. The Balaban J connectivity index is 2.07. The Morgan fingerprint density at radius 2 is 2.00 bits per heavy atom. The van der Waals surface area contributed by atoms with Gasteiger partial charge < -0.3 is 29.7 Å². The van der Waals surface area contributed by atoms with E-state index in [1.165, 1.54) is 18.1 Å². The van der Waals surface area contributed by atoms with Crippen molar-refractivity contribution in [3.05, 3.63) is 6.33 Å². The fraction of sp³-hybridized carbons (Fsp3) is 0.688. The Bertz CT molecular complexity index is 812. The lowest BCUT2D eigenvalue weighted by Gasteiger charge is -2.19. The number of nitrogens with zero attached hydrogens (tertiary/aromatic N) is 4. The molecule has 1 atom stereocenters. The van der Waals surface area contributed by atoms with Gasteiger partial charge in [-0.15, -0.1) is 11.8 Å². The van der Waals surface area contributed by atoms with E-state index in [9.17, 15) is 9.67 Å². The van der Waals surface area contributed by atoms with E-state index in [0.717, 1.165) is 0 Å². The van der Waals surface area contributed by atoms with Gasteiger partial charge in [-0.1, -0.05) is 0 Å². The smallest absolute Gasteiger partial charge is 0.330 e. The summed E-state index contributed by atoms with van der Waals surface area (Å²) < 4.78 is 30.3. The number of fused-ring (bicyclic) bond motifs is 1. The van der Waals surface area contributed by atoms with Crippen LogP contribution in [0.3, 0.4) is 0 Å². The van der Waals surface area contributed by atoms with Crippen molar-refractivity contribution in [3.8, 4) is 0 Å². The minimum absolute atomic E-state index is 0.00744. The summed E-state index contributed by atoms with van der Waals surface area (Å²) in [5.74, 6) is 0.503. The zero-order chi connectivity index (χ0) is 21.3. The summed E-state index contributed by atoms with van der Waals surface area (Å²) in [7, 11) is -3.13. The van der Waals surface area contributed by atoms with E-state index in [0.29, 0.717) is 41.6 Å². The summed E-state index contributed by atoms with van der Waals surface area (Å²) >= 11 is 1.31. The number of nitrogens with two attached hydrogens (primary N) is 1. The molecule has 0 aromatic carbocycles. The number of hydrogen-bond donors (Lipinski definition) is 3. The molecule has 0 amide bonds. The van der Waals surface area contributed by atoms with Crippen molar-refractivity contribution in [2.75, 3.05) is 50.7 Å². The van der Waals surface area contributed by atoms with Gasteiger partial charge in [0.1, 0.15) is 10.5 Å². The zero-order valence-electron chi connectivity index (χ0n) is 16.6. The molecule has 0 spiro atoms. The number of nitrogen functional groups attached to an aromatic ring is 1. The second-order valence-corrected chi connectivity index (χ2v) is 9.08. The van der Waals surface area contributed by atoms with E-state index < -0.39 is 13.8 Å². The minimum atomic E-state index is -3.13. The molecule has 2 aromatic rings. The summed E-state index contributed by atoms with van der Waals surface area (Å²) in [6, 6.07) is 0. The van der Waals surface area contributed by atoms with E-state index in [1.54, 1.807) is 18.4 Å². The molecular formula is C16H28N5O6PS. The van der Waals surface area contributed by atoms with E-state index in [4.69, 9.17) is 24.6 Å². The zero-order valence-corrected chi connectivity index (χ0v) is 18.3. The fourth-order valence-electron chi connectivity index (χ4n) is 2.62. The van der Waals surface area contributed by atoms with Crippen LogP contribution in [-0.4, -0.2) is 74.7 Å². The fourth-order valence-corrected chi connectivity index (χ4v) is 4.98. The first-order valence-corrected chi connectivity index (χ1v) is 12.0. The molecule has 2 rings (SSSR count). The molecular weight excluding hydrogens is 421 g/mol. The first-order valence-electron chi connectivity index (χ1n) is 9.32. The van der Waals surface area contributed by atoms with Crippen LogP contribution in [0.1, 0.15) is 26.5 Å². The van der Waals surface area contributed by atoms with Gasteiger partial charge in [0.2, 0.25) is 5.95 Å². The summed E-state index contributed by atoms with van der Waals surface area (Å²) in [5, 5.41) is 19.4. The molecule has 0 fully saturated rings. The average molecular weight is 449 g/mol. The van der Waals surface area contributed by atoms with Crippen LogP contribution in [0.4, 0.5) is 5.95 Å². The average Bonchev–Trinajstić information content (AvgIpc) is 3.10. The lowest BCUT2D eigenvalue weighted by atomic mass is 10.5. The van der Waals surface area contributed by atoms with Crippen molar-refractivity contribution < 1.29 is 28.6 Å². The highest BCUT2D eigenvalue weighted by Crippen LogP contribution is 2.48. The Morgan fingerprint density at radius 3 is 2.62 bits per heavy atom. The second kappa shape index (κ2) is 11.8. The predicted octanol–water partition coefficient (Wildman–Crippen LogP) is 1.66. The predicted molar refractivity (Wildman–Crippen MR) is 110 cm³/mol. The molecule has 29 heavy (non-hydrogen) atoms. The molecule has 164 valence electrons. The quantitative estimate of drug-likeness (QED) is 0.167. The Hall–Kier alpha value is -1.27. The van der Waals surface area contributed by atoms with Crippen molar-refractivity contribution in [3.63, 3.8) is 0 Å². The van der Waals surface area contributed by atoms with Gasteiger partial charge in [-0.25, -0.2) is 9.97 Å². The number of hydrogen-bond acceptors (Lipinski definition) is 11. The van der Waals surface area contributed by atoms with Gasteiger partial charge in [0.25, 0.3) is 0 Å². The lowest BCUT2D eigenvalue weighted by molar-refractivity contribution is -0.0320. The van der Waals surface area contributed by atoms with Gasteiger partial charge in [0.15, 0.2) is 11.9 Å². The topological polar surface area (TPSA) is 155 Å². The first kappa shape index (κ1) is 24.0. The number of ether oxygens (including phenoxy) is 1. The maximum atomic E-state index is 12.5. The summed E-state index contributed by atoms with van der Waals surface area (Å²) in [4.78, 5) is 12.7. The van der Waals surface area contributed by atoms with Crippen LogP contribution in [-0.2, 0) is 18.3 Å². The Kier molecular flexibility index (Phi) is 9.76. The molecule has 13 heteroatoms.